The van der Waals surface area contributed by atoms with Crippen molar-refractivity contribution >= 4 is 0 Å². The minimum absolute atomic E-state index is 0.0482. The van der Waals surface area contributed by atoms with Crippen LogP contribution in [0.4, 0.5) is 0 Å². The summed E-state index contributed by atoms with van der Waals surface area (Å²) in [5.41, 5.74) is 0. The Morgan fingerprint density at radius 3 is 1.54 bits per heavy atom. The number of unbranched alkanes of at least 4 members (excludes halogenated alkanes) is 5. The summed E-state index contributed by atoms with van der Waals surface area (Å²) in [6.45, 7) is 9.46. The summed E-state index contributed by atoms with van der Waals surface area (Å²) in [7, 11) is 0. The van der Waals surface area contributed by atoms with E-state index < -0.39 is 0 Å². The fourth-order valence-electron chi connectivity index (χ4n) is 2.82. The molecular formula is C22H46O6. The van der Waals surface area contributed by atoms with Crippen LogP contribution < -0.4 is 0 Å². The lowest BCUT2D eigenvalue weighted by atomic mass is 10.0. The molecule has 0 rings (SSSR count). The van der Waals surface area contributed by atoms with Crippen LogP contribution >= 0.6 is 0 Å². The Morgan fingerprint density at radius 1 is 0.536 bits per heavy atom. The van der Waals surface area contributed by atoms with Gasteiger partial charge in [0, 0.05) is 0 Å². The van der Waals surface area contributed by atoms with Gasteiger partial charge in [-0.25, -0.2) is 0 Å². The second kappa shape index (κ2) is 24.8. The molecule has 0 aliphatic carbocycles. The molecule has 0 saturated carbocycles. The van der Waals surface area contributed by atoms with Gasteiger partial charge in [0.15, 0.2) is 0 Å². The van der Waals surface area contributed by atoms with E-state index >= 15 is 0 Å². The van der Waals surface area contributed by atoms with Gasteiger partial charge in [-0.2, -0.15) is 0 Å². The monoisotopic (exact) mass is 406 g/mol. The molecule has 0 radical (unpaired) electrons. The quantitative estimate of drug-likeness (QED) is 0.245. The van der Waals surface area contributed by atoms with Crippen molar-refractivity contribution in [3.05, 3.63) is 0 Å². The minimum atomic E-state index is 0.0482. The molecule has 0 saturated heterocycles. The van der Waals surface area contributed by atoms with Crippen molar-refractivity contribution in [1.82, 2.24) is 0 Å². The fraction of sp³-hybridized carbons (Fsp3) is 1.00. The van der Waals surface area contributed by atoms with Crippen molar-refractivity contribution in [2.45, 2.75) is 77.7 Å². The summed E-state index contributed by atoms with van der Waals surface area (Å²) >= 11 is 0. The highest BCUT2D eigenvalue weighted by molar-refractivity contribution is 4.59. The van der Waals surface area contributed by atoms with E-state index in [2.05, 4.69) is 13.8 Å². The average Bonchev–Trinajstić information content (AvgIpc) is 2.71. The Hall–Kier alpha value is -0.240. The van der Waals surface area contributed by atoms with Crippen LogP contribution in [-0.2, 0) is 23.7 Å². The van der Waals surface area contributed by atoms with Crippen molar-refractivity contribution in [2.75, 3.05) is 66.1 Å². The van der Waals surface area contributed by atoms with Crippen molar-refractivity contribution in [1.29, 1.82) is 0 Å². The Morgan fingerprint density at radius 2 is 1.00 bits per heavy atom. The summed E-state index contributed by atoms with van der Waals surface area (Å²) in [5, 5.41) is 8.56. The Bertz CT molecular complexity index is 278. The van der Waals surface area contributed by atoms with Gasteiger partial charge in [0.25, 0.3) is 0 Å². The van der Waals surface area contributed by atoms with Crippen LogP contribution in [-0.4, -0.2) is 77.3 Å². The van der Waals surface area contributed by atoms with Crippen molar-refractivity contribution in [3.8, 4) is 0 Å². The maximum atomic E-state index is 8.56. The standard InChI is InChI=1S/C22H46O6/c1-3-5-7-8-9-11-22(10-6-4-2)28-21-20-27-19-18-26-17-16-25-15-14-24-13-12-23/h22-23H,3-21H2,1-2H3. The highest BCUT2D eigenvalue weighted by Gasteiger charge is 2.08. The van der Waals surface area contributed by atoms with E-state index in [1.54, 1.807) is 0 Å². The molecule has 6 nitrogen and oxygen atoms in total. The average molecular weight is 407 g/mol. The maximum absolute atomic E-state index is 8.56. The van der Waals surface area contributed by atoms with Gasteiger partial charge in [-0.1, -0.05) is 58.8 Å². The summed E-state index contributed by atoms with van der Waals surface area (Å²) in [4.78, 5) is 0. The molecule has 6 heteroatoms. The van der Waals surface area contributed by atoms with Crippen LogP contribution in [0.1, 0.15) is 71.6 Å². The maximum Gasteiger partial charge on any atom is 0.0704 e. The number of ether oxygens (including phenoxy) is 5. The first-order valence-corrected chi connectivity index (χ1v) is 11.4. The van der Waals surface area contributed by atoms with Gasteiger partial charge in [-0.05, 0) is 12.8 Å². The van der Waals surface area contributed by atoms with Crippen molar-refractivity contribution in [2.24, 2.45) is 0 Å². The summed E-state index contributed by atoms with van der Waals surface area (Å²) in [6, 6.07) is 0. The number of hydrogen-bond donors (Lipinski definition) is 1. The zero-order valence-corrected chi connectivity index (χ0v) is 18.5. The number of rotatable bonds is 24. The molecule has 0 aromatic rings. The van der Waals surface area contributed by atoms with Crippen LogP contribution in [0.15, 0.2) is 0 Å². The molecule has 28 heavy (non-hydrogen) atoms. The predicted octanol–water partition coefficient (Wildman–Crippen LogP) is 3.98. The van der Waals surface area contributed by atoms with E-state index in [0.717, 1.165) is 0 Å². The van der Waals surface area contributed by atoms with Gasteiger partial charge in [-0.3, -0.25) is 0 Å². The number of aliphatic hydroxyl groups excluding tert-OH is 1. The second-order valence-electron chi connectivity index (χ2n) is 7.01. The SMILES string of the molecule is CCCCCCCC(CCCC)OCCOCCOCCOCCOCCO. The highest BCUT2D eigenvalue weighted by Crippen LogP contribution is 2.14. The van der Waals surface area contributed by atoms with Gasteiger partial charge in [-0.15, -0.1) is 0 Å². The lowest BCUT2D eigenvalue weighted by molar-refractivity contribution is -0.0271. The van der Waals surface area contributed by atoms with Crippen LogP contribution in [0.2, 0.25) is 0 Å². The number of hydrogen-bond acceptors (Lipinski definition) is 6. The molecule has 1 unspecified atom stereocenters. The summed E-state index contributed by atoms with van der Waals surface area (Å²) in [6.07, 6.45) is 11.8. The molecule has 1 atom stereocenters. The van der Waals surface area contributed by atoms with Gasteiger partial charge in [0.2, 0.25) is 0 Å². The van der Waals surface area contributed by atoms with Crippen molar-refractivity contribution in [3.63, 3.8) is 0 Å². The normalized spacial score (nSPS) is 12.5. The Labute approximate surface area is 173 Å². The van der Waals surface area contributed by atoms with Gasteiger partial charge >= 0.3 is 0 Å². The molecule has 0 aromatic carbocycles. The fourth-order valence-corrected chi connectivity index (χ4v) is 2.82. The molecule has 0 aromatic heterocycles. The van der Waals surface area contributed by atoms with E-state index in [1.165, 1.54) is 57.8 Å². The molecule has 0 heterocycles. The molecule has 0 aliphatic rings. The third-order valence-electron chi connectivity index (χ3n) is 4.44. The molecule has 0 spiro atoms. The third kappa shape index (κ3) is 22.1. The van der Waals surface area contributed by atoms with E-state index in [-0.39, 0.29) is 6.61 Å². The summed E-state index contributed by atoms with van der Waals surface area (Å²) < 4.78 is 27.5. The largest absolute Gasteiger partial charge is 0.394 e. The molecule has 170 valence electrons. The molecular weight excluding hydrogens is 360 g/mol. The molecule has 0 amide bonds. The van der Waals surface area contributed by atoms with E-state index in [0.29, 0.717) is 65.6 Å². The third-order valence-corrected chi connectivity index (χ3v) is 4.44. The zero-order valence-electron chi connectivity index (χ0n) is 18.5. The molecule has 1 N–H and O–H groups in total. The van der Waals surface area contributed by atoms with Crippen LogP contribution in [0.5, 0.6) is 0 Å². The van der Waals surface area contributed by atoms with E-state index in [1.807, 2.05) is 0 Å². The van der Waals surface area contributed by atoms with Gasteiger partial charge in [0.1, 0.15) is 0 Å². The Kier molecular flexibility index (Phi) is 24.6. The van der Waals surface area contributed by atoms with Crippen molar-refractivity contribution < 1.29 is 28.8 Å². The summed E-state index contributed by atoms with van der Waals surface area (Å²) in [5.74, 6) is 0. The molecule has 0 aliphatic heterocycles. The lowest BCUT2D eigenvalue weighted by Gasteiger charge is -2.18. The van der Waals surface area contributed by atoms with E-state index in [4.69, 9.17) is 28.8 Å². The first-order chi connectivity index (χ1) is 13.8. The number of aliphatic hydroxyl groups is 1. The van der Waals surface area contributed by atoms with Crippen LogP contribution in [0.3, 0.4) is 0 Å². The van der Waals surface area contributed by atoms with E-state index in [9.17, 15) is 0 Å². The first-order valence-electron chi connectivity index (χ1n) is 11.4. The smallest absolute Gasteiger partial charge is 0.0704 e. The van der Waals surface area contributed by atoms with Gasteiger partial charge in [0.05, 0.1) is 72.2 Å². The predicted molar refractivity (Wildman–Crippen MR) is 113 cm³/mol. The highest BCUT2D eigenvalue weighted by atomic mass is 16.6. The zero-order chi connectivity index (χ0) is 20.5. The second-order valence-corrected chi connectivity index (χ2v) is 7.01. The Balaban J connectivity index is 3.41. The van der Waals surface area contributed by atoms with Gasteiger partial charge < -0.3 is 28.8 Å². The molecule has 0 fully saturated rings. The topological polar surface area (TPSA) is 66.4 Å². The minimum Gasteiger partial charge on any atom is -0.394 e. The van der Waals surface area contributed by atoms with Crippen LogP contribution in [0, 0.1) is 0 Å². The van der Waals surface area contributed by atoms with Crippen LogP contribution in [0.25, 0.3) is 0 Å². The molecule has 0 bridgehead atoms. The first kappa shape index (κ1) is 27.8. The lowest BCUT2D eigenvalue weighted by Crippen LogP contribution is -2.18.